The summed E-state index contributed by atoms with van der Waals surface area (Å²) >= 11 is 5.58. The third-order valence-electron chi connectivity index (χ3n) is 2.17. The zero-order valence-corrected chi connectivity index (χ0v) is 9.76. The first-order chi connectivity index (χ1) is 8.25. The molecule has 2 rings (SSSR count). The summed E-state index contributed by atoms with van der Waals surface area (Å²) in [5, 5.41) is 3.02. The number of aromatic nitrogens is 3. The summed E-state index contributed by atoms with van der Waals surface area (Å²) in [4.78, 5) is 19.3. The van der Waals surface area contributed by atoms with Gasteiger partial charge in [0.25, 0.3) is 5.91 Å². The van der Waals surface area contributed by atoms with Gasteiger partial charge < -0.3 is 9.88 Å². The second-order valence-electron chi connectivity index (χ2n) is 3.40. The third kappa shape index (κ3) is 3.29. The van der Waals surface area contributed by atoms with Gasteiger partial charge in [0.05, 0.1) is 12.4 Å². The van der Waals surface area contributed by atoms with Crippen LogP contribution in [0.5, 0.6) is 0 Å². The van der Waals surface area contributed by atoms with E-state index in [4.69, 9.17) is 11.6 Å². The van der Waals surface area contributed by atoms with E-state index in [1.165, 1.54) is 12.4 Å². The predicted molar refractivity (Wildman–Crippen MR) is 63.8 cm³/mol. The molecule has 0 aliphatic heterocycles. The SMILES string of the molecule is O=C(NCCn1cccc1)c1cnc(Cl)cn1. The molecule has 0 spiro atoms. The molecule has 0 radical (unpaired) electrons. The molecule has 0 aliphatic rings. The van der Waals surface area contributed by atoms with E-state index in [2.05, 4.69) is 15.3 Å². The van der Waals surface area contributed by atoms with Gasteiger partial charge in [-0.2, -0.15) is 0 Å². The van der Waals surface area contributed by atoms with E-state index in [9.17, 15) is 4.79 Å². The normalized spacial score (nSPS) is 10.2. The summed E-state index contributed by atoms with van der Waals surface area (Å²) in [5.74, 6) is -0.249. The fourth-order valence-electron chi connectivity index (χ4n) is 1.34. The second kappa shape index (κ2) is 5.45. The Balaban J connectivity index is 1.83. The Morgan fingerprint density at radius 3 is 2.71 bits per heavy atom. The molecule has 0 saturated heterocycles. The van der Waals surface area contributed by atoms with Crippen LogP contribution in [0.3, 0.4) is 0 Å². The molecule has 0 aliphatic carbocycles. The topological polar surface area (TPSA) is 59.8 Å². The van der Waals surface area contributed by atoms with Crippen molar-refractivity contribution in [1.29, 1.82) is 0 Å². The van der Waals surface area contributed by atoms with E-state index in [0.717, 1.165) is 6.54 Å². The molecule has 0 aromatic carbocycles. The van der Waals surface area contributed by atoms with E-state index < -0.39 is 0 Å². The Morgan fingerprint density at radius 1 is 1.29 bits per heavy atom. The lowest BCUT2D eigenvalue weighted by Crippen LogP contribution is -2.27. The summed E-state index contributed by atoms with van der Waals surface area (Å²) in [5.41, 5.74) is 0.266. The molecular weight excluding hydrogens is 240 g/mol. The number of carbonyl (C=O) groups excluding carboxylic acids is 1. The molecule has 2 aromatic rings. The van der Waals surface area contributed by atoms with Crippen LogP contribution < -0.4 is 5.32 Å². The van der Waals surface area contributed by atoms with E-state index in [1.807, 2.05) is 29.1 Å². The van der Waals surface area contributed by atoms with Crippen LogP contribution in [0.15, 0.2) is 36.9 Å². The van der Waals surface area contributed by atoms with Crippen LogP contribution in [0.1, 0.15) is 10.5 Å². The number of rotatable bonds is 4. The molecule has 6 heteroatoms. The van der Waals surface area contributed by atoms with E-state index >= 15 is 0 Å². The van der Waals surface area contributed by atoms with Gasteiger partial charge >= 0.3 is 0 Å². The van der Waals surface area contributed by atoms with Crippen LogP contribution in [0.25, 0.3) is 0 Å². The van der Waals surface area contributed by atoms with Gasteiger partial charge in [0.15, 0.2) is 0 Å². The minimum absolute atomic E-state index is 0.249. The van der Waals surface area contributed by atoms with E-state index in [1.54, 1.807) is 0 Å². The highest BCUT2D eigenvalue weighted by molar-refractivity contribution is 6.29. The maximum Gasteiger partial charge on any atom is 0.271 e. The van der Waals surface area contributed by atoms with Crippen molar-refractivity contribution in [2.75, 3.05) is 6.54 Å². The van der Waals surface area contributed by atoms with Crippen LogP contribution >= 0.6 is 11.6 Å². The Labute approximate surface area is 103 Å². The van der Waals surface area contributed by atoms with Crippen molar-refractivity contribution in [2.45, 2.75) is 6.54 Å². The number of carbonyl (C=O) groups is 1. The van der Waals surface area contributed by atoms with Crippen molar-refractivity contribution in [3.63, 3.8) is 0 Å². The van der Waals surface area contributed by atoms with Crippen LogP contribution in [-0.4, -0.2) is 27.0 Å². The molecule has 5 nitrogen and oxygen atoms in total. The lowest BCUT2D eigenvalue weighted by atomic mass is 10.4. The molecule has 0 atom stereocenters. The maximum absolute atomic E-state index is 11.6. The molecular formula is C11H11ClN4O. The lowest BCUT2D eigenvalue weighted by Gasteiger charge is -2.05. The monoisotopic (exact) mass is 250 g/mol. The first-order valence-corrected chi connectivity index (χ1v) is 5.50. The van der Waals surface area contributed by atoms with Gasteiger partial charge in [-0.3, -0.25) is 4.79 Å². The van der Waals surface area contributed by atoms with Gasteiger partial charge in [-0.1, -0.05) is 11.6 Å². The van der Waals surface area contributed by atoms with Crippen LogP contribution in [0, 0.1) is 0 Å². The Morgan fingerprint density at radius 2 is 2.06 bits per heavy atom. The average Bonchev–Trinajstić information content (AvgIpc) is 2.83. The maximum atomic E-state index is 11.6. The molecule has 0 bridgehead atoms. The van der Waals surface area contributed by atoms with Crippen molar-refractivity contribution in [3.05, 3.63) is 47.8 Å². The zero-order valence-electron chi connectivity index (χ0n) is 9.01. The second-order valence-corrected chi connectivity index (χ2v) is 3.79. The van der Waals surface area contributed by atoms with Gasteiger partial charge in [-0.15, -0.1) is 0 Å². The highest BCUT2D eigenvalue weighted by Gasteiger charge is 2.06. The van der Waals surface area contributed by atoms with Gasteiger partial charge in [0, 0.05) is 25.5 Å². The van der Waals surface area contributed by atoms with Gasteiger partial charge in [-0.05, 0) is 12.1 Å². The fourth-order valence-corrected chi connectivity index (χ4v) is 1.44. The first kappa shape index (κ1) is 11.6. The van der Waals surface area contributed by atoms with Crippen molar-refractivity contribution in [2.24, 2.45) is 0 Å². The van der Waals surface area contributed by atoms with Crippen molar-refractivity contribution >= 4 is 17.5 Å². The summed E-state index contributed by atoms with van der Waals surface area (Å²) < 4.78 is 1.98. The average molecular weight is 251 g/mol. The van der Waals surface area contributed by atoms with Crippen LogP contribution in [0.2, 0.25) is 5.15 Å². The van der Waals surface area contributed by atoms with Crippen molar-refractivity contribution < 1.29 is 4.79 Å². The standard InChI is InChI=1S/C11H11ClN4O/c12-10-8-14-9(7-15-10)11(17)13-3-6-16-4-1-2-5-16/h1-2,4-5,7-8H,3,6H2,(H,13,17). The quantitative estimate of drug-likeness (QED) is 0.891. The van der Waals surface area contributed by atoms with E-state index in [0.29, 0.717) is 6.54 Å². The first-order valence-electron chi connectivity index (χ1n) is 5.12. The summed E-state index contributed by atoms with van der Waals surface area (Å²) in [6.45, 7) is 1.26. The predicted octanol–water partition coefficient (Wildman–Crippen LogP) is 1.36. The molecule has 2 heterocycles. The largest absolute Gasteiger partial charge is 0.353 e. The smallest absolute Gasteiger partial charge is 0.271 e. The molecule has 88 valence electrons. The molecule has 1 N–H and O–H groups in total. The highest BCUT2D eigenvalue weighted by atomic mass is 35.5. The molecule has 0 fully saturated rings. The summed E-state index contributed by atoms with van der Waals surface area (Å²) in [6, 6.07) is 3.87. The molecule has 2 aromatic heterocycles. The number of hydrogen-bond acceptors (Lipinski definition) is 3. The highest BCUT2D eigenvalue weighted by Crippen LogP contribution is 2.00. The minimum Gasteiger partial charge on any atom is -0.353 e. The number of nitrogens with zero attached hydrogens (tertiary/aromatic N) is 3. The van der Waals surface area contributed by atoms with Crippen LogP contribution in [-0.2, 0) is 6.54 Å². The number of hydrogen-bond donors (Lipinski definition) is 1. The van der Waals surface area contributed by atoms with Gasteiger partial charge in [0.1, 0.15) is 10.8 Å². The molecule has 1 amide bonds. The van der Waals surface area contributed by atoms with Gasteiger partial charge in [0.2, 0.25) is 0 Å². The molecule has 17 heavy (non-hydrogen) atoms. The number of nitrogens with one attached hydrogen (secondary N) is 1. The lowest BCUT2D eigenvalue weighted by molar-refractivity contribution is 0.0947. The van der Waals surface area contributed by atoms with Crippen LogP contribution in [0.4, 0.5) is 0 Å². The summed E-state index contributed by atoms with van der Waals surface area (Å²) in [6.07, 6.45) is 6.58. The van der Waals surface area contributed by atoms with Crippen molar-refractivity contribution in [3.8, 4) is 0 Å². The molecule has 0 saturated carbocycles. The Bertz CT molecular complexity index is 481. The number of halogens is 1. The summed E-state index contributed by atoms with van der Waals surface area (Å²) in [7, 11) is 0. The number of amides is 1. The fraction of sp³-hybridized carbons (Fsp3) is 0.182. The Kier molecular flexibility index (Phi) is 3.72. The Hall–Kier alpha value is -1.88. The zero-order chi connectivity index (χ0) is 12.1. The van der Waals surface area contributed by atoms with E-state index in [-0.39, 0.29) is 16.8 Å². The molecule has 0 unspecified atom stereocenters. The third-order valence-corrected chi connectivity index (χ3v) is 2.37. The van der Waals surface area contributed by atoms with Crippen molar-refractivity contribution in [1.82, 2.24) is 19.9 Å². The van der Waals surface area contributed by atoms with Gasteiger partial charge in [-0.25, -0.2) is 9.97 Å². The minimum atomic E-state index is -0.249.